The topological polar surface area (TPSA) is 46.3 Å². The summed E-state index contributed by atoms with van der Waals surface area (Å²) in [4.78, 5) is 8.77. The molecule has 130 valence electrons. The highest BCUT2D eigenvalue weighted by molar-refractivity contribution is 7.99. The van der Waals surface area contributed by atoms with E-state index in [0.29, 0.717) is 10.0 Å². The summed E-state index contributed by atoms with van der Waals surface area (Å²) in [5.74, 6) is 1.67. The first kappa shape index (κ1) is 16.9. The molecule has 0 atom stereocenters. The molecular weight excluding hydrogens is 377 g/mol. The van der Waals surface area contributed by atoms with Crippen molar-refractivity contribution in [3.63, 3.8) is 0 Å². The van der Waals surface area contributed by atoms with Crippen LogP contribution in [-0.4, -0.2) is 32.7 Å². The molecule has 0 aliphatic carbocycles. The maximum atomic E-state index is 6.31. The van der Waals surface area contributed by atoms with E-state index in [1.165, 1.54) is 24.6 Å². The Morgan fingerprint density at radius 3 is 2.76 bits per heavy atom. The van der Waals surface area contributed by atoms with E-state index in [9.17, 15) is 0 Å². The van der Waals surface area contributed by atoms with Gasteiger partial charge in [0.15, 0.2) is 5.65 Å². The van der Waals surface area contributed by atoms with E-state index in [1.54, 1.807) is 12.4 Å². The molecule has 2 aromatic heterocycles. The number of hydrogen-bond donors (Lipinski definition) is 0. The number of benzene rings is 1. The summed E-state index contributed by atoms with van der Waals surface area (Å²) in [6.07, 6.45) is 5.93. The third kappa shape index (κ3) is 3.30. The molecule has 0 N–H and O–H groups in total. The fraction of sp³-hybridized carbons (Fsp3) is 0.353. The third-order valence-electron chi connectivity index (χ3n) is 4.48. The molecule has 1 aromatic carbocycles. The lowest BCUT2D eigenvalue weighted by atomic mass is 10.00. The van der Waals surface area contributed by atoms with Crippen molar-refractivity contribution in [1.29, 1.82) is 0 Å². The van der Waals surface area contributed by atoms with E-state index in [2.05, 4.69) is 27.0 Å². The fourth-order valence-corrected chi connectivity index (χ4v) is 4.37. The van der Waals surface area contributed by atoms with Crippen molar-refractivity contribution in [3.05, 3.63) is 40.8 Å². The zero-order valence-corrected chi connectivity index (χ0v) is 16.0. The number of fused-ring (bicyclic) bond motifs is 1. The van der Waals surface area contributed by atoms with Gasteiger partial charge >= 0.3 is 0 Å². The van der Waals surface area contributed by atoms with Crippen LogP contribution in [0.5, 0.6) is 0 Å². The second-order valence-electron chi connectivity index (χ2n) is 6.27. The van der Waals surface area contributed by atoms with Crippen molar-refractivity contribution in [2.24, 2.45) is 5.92 Å². The van der Waals surface area contributed by atoms with Crippen LogP contribution in [0.2, 0.25) is 10.0 Å². The lowest BCUT2D eigenvalue weighted by Crippen LogP contribution is -2.34. The average Bonchev–Trinajstić information content (AvgIpc) is 3.10. The monoisotopic (exact) mass is 393 g/mol. The van der Waals surface area contributed by atoms with Gasteiger partial charge in [-0.15, -0.1) is 10.2 Å². The third-order valence-corrected chi connectivity index (χ3v) is 6.48. The Kier molecular flexibility index (Phi) is 4.75. The van der Waals surface area contributed by atoms with Crippen LogP contribution in [0.25, 0.3) is 5.65 Å². The normalized spacial score (nSPS) is 15.9. The molecule has 0 spiro atoms. The van der Waals surface area contributed by atoms with Gasteiger partial charge in [-0.1, -0.05) is 48.0 Å². The van der Waals surface area contributed by atoms with Crippen molar-refractivity contribution in [1.82, 2.24) is 19.6 Å². The van der Waals surface area contributed by atoms with Gasteiger partial charge in [-0.3, -0.25) is 0 Å². The van der Waals surface area contributed by atoms with E-state index < -0.39 is 0 Å². The summed E-state index contributed by atoms with van der Waals surface area (Å²) in [6, 6.07) is 5.60. The Hall–Kier alpha value is -1.50. The molecule has 3 aromatic rings. The van der Waals surface area contributed by atoms with Crippen LogP contribution >= 0.6 is 35.0 Å². The molecular formula is C17H17Cl2N5S. The molecule has 0 amide bonds. The highest BCUT2D eigenvalue weighted by Crippen LogP contribution is 2.38. The van der Waals surface area contributed by atoms with E-state index in [1.807, 2.05) is 22.7 Å². The Labute approximate surface area is 160 Å². The Morgan fingerprint density at radius 2 is 1.96 bits per heavy atom. The summed E-state index contributed by atoms with van der Waals surface area (Å²) < 4.78 is 1.96. The van der Waals surface area contributed by atoms with Crippen molar-refractivity contribution >= 4 is 46.6 Å². The Balaban J connectivity index is 1.69. The molecule has 3 heterocycles. The second-order valence-corrected chi connectivity index (χ2v) is 8.14. The standard InChI is InChI=1S/C17H17Cl2N5S/c1-11-5-7-23(8-6-11)17-20-9-14(16-22-21-10-24(16)17)25-13-4-2-3-12(18)15(13)19/h2-4,9-11H,5-8H2,1H3. The van der Waals surface area contributed by atoms with Crippen LogP contribution in [0.1, 0.15) is 19.8 Å². The first-order chi connectivity index (χ1) is 12.1. The van der Waals surface area contributed by atoms with Gasteiger partial charge in [0.25, 0.3) is 0 Å². The van der Waals surface area contributed by atoms with Gasteiger partial charge in [-0.05, 0) is 30.9 Å². The highest BCUT2D eigenvalue weighted by Gasteiger charge is 2.21. The van der Waals surface area contributed by atoms with E-state index in [4.69, 9.17) is 23.2 Å². The van der Waals surface area contributed by atoms with Gasteiger partial charge in [0.1, 0.15) is 6.33 Å². The number of hydrogen-bond acceptors (Lipinski definition) is 5. The van der Waals surface area contributed by atoms with E-state index >= 15 is 0 Å². The van der Waals surface area contributed by atoms with Crippen molar-refractivity contribution in [2.75, 3.05) is 18.0 Å². The van der Waals surface area contributed by atoms with Crippen LogP contribution < -0.4 is 4.90 Å². The molecule has 1 saturated heterocycles. The van der Waals surface area contributed by atoms with E-state index in [-0.39, 0.29) is 0 Å². The van der Waals surface area contributed by atoms with Gasteiger partial charge in [0, 0.05) is 24.2 Å². The summed E-state index contributed by atoms with van der Waals surface area (Å²) >= 11 is 13.9. The number of anilines is 1. The Bertz CT molecular complexity index is 905. The zero-order valence-electron chi connectivity index (χ0n) is 13.7. The maximum Gasteiger partial charge on any atom is 0.212 e. The first-order valence-corrected chi connectivity index (χ1v) is 9.76. The number of piperidine rings is 1. The quantitative estimate of drug-likeness (QED) is 0.638. The Morgan fingerprint density at radius 1 is 1.16 bits per heavy atom. The molecule has 1 fully saturated rings. The van der Waals surface area contributed by atoms with Crippen molar-refractivity contribution in [3.8, 4) is 0 Å². The van der Waals surface area contributed by atoms with Crippen molar-refractivity contribution < 1.29 is 0 Å². The molecule has 0 unspecified atom stereocenters. The second kappa shape index (κ2) is 7.02. The molecule has 5 nitrogen and oxygen atoms in total. The molecule has 25 heavy (non-hydrogen) atoms. The first-order valence-electron chi connectivity index (χ1n) is 8.19. The van der Waals surface area contributed by atoms with Gasteiger partial charge in [0.05, 0.1) is 14.9 Å². The van der Waals surface area contributed by atoms with Crippen LogP contribution in [0.3, 0.4) is 0 Å². The predicted octanol–water partition coefficient (Wildman–Crippen LogP) is 4.82. The van der Waals surface area contributed by atoms with E-state index in [0.717, 1.165) is 40.4 Å². The SMILES string of the molecule is CC1CCN(c2ncc(Sc3cccc(Cl)c3Cl)c3nncn23)CC1. The number of aromatic nitrogens is 4. The smallest absolute Gasteiger partial charge is 0.212 e. The lowest BCUT2D eigenvalue weighted by Gasteiger charge is -2.31. The number of nitrogens with zero attached hydrogens (tertiary/aromatic N) is 5. The lowest BCUT2D eigenvalue weighted by molar-refractivity contribution is 0.433. The van der Waals surface area contributed by atoms with Crippen LogP contribution in [0, 0.1) is 5.92 Å². The fourth-order valence-electron chi connectivity index (χ4n) is 2.98. The van der Waals surface area contributed by atoms with Crippen LogP contribution in [-0.2, 0) is 0 Å². The van der Waals surface area contributed by atoms with Crippen molar-refractivity contribution in [2.45, 2.75) is 29.6 Å². The van der Waals surface area contributed by atoms with Gasteiger partial charge < -0.3 is 4.90 Å². The largest absolute Gasteiger partial charge is 0.342 e. The van der Waals surface area contributed by atoms with Gasteiger partial charge in [-0.2, -0.15) is 0 Å². The van der Waals surface area contributed by atoms with Gasteiger partial charge in [0.2, 0.25) is 5.95 Å². The molecule has 1 aliphatic heterocycles. The average molecular weight is 394 g/mol. The minimum atomic E-state index is 0.538. The minimum Gasteiger partial charge on any atom is -0.342 e. The summed E-state index contributed by atoms with van der Waals surface area (Å²) in [7, 11) is 0. The molecule has 0 bridgehead atoms. The molecule has 8 heteroatoms. The minimum absolute atomic E-state index is 0.538. The number of halogens is 2. The van der Waals surface area contributed by atoms with Gasteiger partial charge in [-0.25, -0.2) is 9.38 Å². The number of rotatable bonds is 3. The van der Waals surface area contributed by atoms with Crippen LogP contribution in [0.4, 0.5) is 5.95 Å². The highest BCUT2D eigenvalue weighted by atomic mass is 35.5. The molecule has 4 rings (SSSR count). The molecule has 0 saturated carbocycles. The summed E-state index contributed by atoms with van der Waals surface area (Å²) in [5, 5.41) is 9.46. The maximum absolute atomic E-state index is 6.31. The zero-order chi connectivity index (χ0) is 17.4. The summed E-state index contributed by atoms with van der Waals surface area (Å²) in [6.45, 7) is 4.32. The molecule has 1 aliphatic rings. The summed E-state index contributed by atoms with van der Waals surface area (Å²) in [5.41, 5.74) is 0.782. The molecule has 0 radical (unpaired) electrons. The predicted molar refractivity (Wildman–Crippen MR) is 102 cm³/mol. The van der Waals surface area contributed by atoms with Crippen LogP contribution in [0.15, 0.2) is 40.5 Å².